The van der Waals surface area contributed by atoms with Crippen molar-refractivity contribution in [1.29, 1.82) is 0 Å². The van der Waals surface area contributed by atoms with Gasteiger partial charge in [0.25, 0.3) is 0 Å². The number of nitrogens with one attached hydrogen (secondary N) is 4. The molecule has 1 aromatic carbocycles. The van der Waals surface area contributed by atoms with Gasteiger partial charge in [0.15, 0.2) is 5.13 Å². The number of hydrogen-bond donors (Lipinski definition) is 4. The Morgan fingerprint density at radius 3 is 2.62 bits per heavy atom. The van der Waals surface area contributed by atoms with E-state index in [1.807, 2.05) is 0 Å². The lowest BCUT2D eigenvalue weighted by Gasteiger charge is -2.25. The molecule has 2 aromatic rings. The Kier molecular flexibility index (Phi) is 7.01. The molecular formula is C22H28N6O3S. The maximum absolute atomic E-state index is 12.5. The quantitative estimate of drug-likeness (QED) is 0.533. The SMILES string of the molecule is CC(=O)Nc1cccc(NC(=O)CN2CCc3nc(NC(=O)NC4CCCC4)sc3C2)c1. The number of carbonyl (C=O) groups is 3. The zero-order valence-electron chi connectivity index (χ0n) is 18.1. The number of aromatic nitrogens is 1. The summed E-state index contributed by atoms with van der Waals surface area (Å²) in [7, 11) is 0. The number of urea groups is 1. The van der Waals surface area contributed by atoms with Crippen molar-refractivity contribution >= 4 is 45.7 Å². The average molecular weight is 457 g/mol. The van der Waals surface area contributed by atoms with Crippen molar-refractivity contribution in [3.8, 4) is 0 Å². The van der Waals surface area contributed by atoms with Crippen molar-refractivity contribution < 1.29 is 14.4 Å². The summed E-state index contributed by atoms with van der Waals surface area (Å²) in [5.41, 5.74) is 2.27. The number of rotatable bonds is 6. The monoisotopic (exact) mass is 456 g/mol. The maximum atomic E-state index is 12.5. The second kappa shape index (κ2) is 10.1. The van der Waals surface area contributed by atoms with Crippen molar-refractivity contribution in [3.63, 3.8) is 0 Å². The van der Waals surface area contributed by atoms with Crippen molar-refractivity contribution in [2.45, 2.75) is 51.6 Å². The van der Waals surface area contributed by atoms with E-state index < -0.39 is 0 Å². The molecule has 0 bridgehead atoms. The Hall–Kier alpha value is -2.98. The molecule has 2 heterocycles. The van der Waals surface area contributed by atoms with Gasteiger partial charge in [0.05, 0.1) is 12.2 Å². The molecule has 0 unspecified atom stereocenters. The average Bonchev–Trinajstić information content (AvgIpc) is 3.36. The summed E-state index contributed by atoms with van der Waals surface area (Å²) in [6, 6.07) is 7.13. The van der Waals surface area contributed by atoms with E-state index in [0.29, 0.717) is 23.1 Å². The number of hydrogen-bond acceptors (Lipinski definition) is 6. The van der Waals surface area contributed by atoms with E-state index in [0.717, 1.165) is 36.4 Å². The molecule has 1 fully saturated rings. The molecule has 0 radical (unpaired) electrons. The topological polar surface area (TPSA) is 115 Å². The molecule has 0 saturated heterocycles. The fourth-order valence-electron chi connectivity index (χ4n) is 4.11. The minimum atomic E-state index is -0.194. The van der Waals surface area contributed by atoms with Gasteiger partial charge in [-0.05, 0) is 31.0 Å². The van der Waals surface area contributed by atoms with Gasteiger partial charge in [-0.1, -0.05) is 18.9 Å². The highest BCUT2D eigenvalue weighted by atomic mass is 32.1. The molecule has 4 amide bonds. The van der Waals surface area contributed by atoms with Gasteiger partial charge in [-0.2, -0.15) is 0 Å². The minimum Gasteiger partial charge on any atom is -0.335 e. The molecule has 4 N–H and O–H groups in total. The molecule has 1 aliphatic heterocycles. The number of amides is 4. The van der Waals surface area contributed by atoms with E-state index in [-0.39, 0.29) is 30.4 Å². The van der Waals surface area contributed by atoms with Crippen molar-refractivity contribution in [1.82, 2.24) is 15.2 Å². The van der Waals surface area contributed by atoms with E-state index in [9.17, 15) is 14.4 Å². The Morgan fingerprint density at radius 2 is 1.88 bits per heavy atom. The van der Waals surface area contributed by atoms with Crippen LogP contribution < -0.4 is 21.3 Å². The predicted molar refractivity (Wildman–Crippen MR) is 125 cm³/mol. The first-order valence-corrected chi connectivity index (χ1v) is 11.7. The van der Waals surface area contributed by atoms with Crippen molar-refractivity contribution in [2.75, 3.05) is 29.0 Å². The third kappa shape index (κ3) is 6.04. The molecule has 2 aliphatic rings. The van der Waals surface area contributed by atoms with Crippen LogP contribution in [0, 0.1) is 0 Å². The van der Waals surface area contributed by atoms with Crippen LogP contribution in [0.5, 0.6) is 0 Å². The molecule has 1 aliphatic carbocycles. The van der Waals surface area contributed by atoms with Gasteiger partial charge < -0.3 is 16.0 Å². The number of benzene rings is 1. The van der Waals surface area contributed by atoms with E-state index in [1.165, 1.54) is 31.1 Å². The molecule has 0 spiro atoms. The van der Waals surface area contributed by atoms with Crippen LogP contribution in [0.2, 0.25) is 0 Å². The zero-order chi connectivity index (χ0) is 22.5. The molecule has 32 heavy (non-hydrogen) atoms. The van der Waals surface area contributed by atoms with E-state index >= 15 is 0 Å². The lowest BCUT2D eigenvalue weighted by atomic mass is 10.2. The van der Waals surface area contributed by atoms with Gasteiger partial charge in [0, 0.05) is 48.7 Å². The third-order valence-corrected chi connectivity index (χ3v) is 6.55. The number of anilines is 3. The Morgan fingerprint density at radius 1 is 1.12 bits per heavy atom. The van der Waals surface area contributed by atoms with Crippen LogP contribution in [0.4, 0.5) is 21.3 Å². The third-order valence-electron chi connectivity index (χ3n) is 5.56. The smallest absolute Gasteiger partial charge is 0.321 e. The summed E-state index contributed by atoms with van der Waals surface area (Å²) < 4.78 is 0. The highest BCUT2D eigenvalue weighted by Crippen LogP contribution is 2.28. The maximum Gasteiger partial charge on any atom is 0.321 e. The molecule has 1 aromatic heterocycles. The van der Waals surface area contributed by atoms with Crippen LogP contribution in [0.25, 0.3) is 0 Å². The van der Waals surface area contributed by atoms with Gasteiger partial charge in [-0.3, -0.25) is 19.8 Å². The first-order chi connectivity index (χ1) is 15.4. The molecule has 0 atom stereocenters. The number of carbonyl (C=O) groups excluding carboxylic acids is 3. The standard InChI is InChI=1S/C22H28N6O3S/c1-14(29)23-16-7-4-8-17(11-16)24-20(30)13-28-10-9-18-19(12-28)32-22(26-18)27-21(31)25-15-5-2-3-6-15/h4,7-8,11,15H,2-3,5-6,9-10,12-13H2,1H3,(H,23,29)(H,24,30)(H2,25,26,27,31). The summed E-state index contributed by atoms with van der Waals surface area (Å²) in [4.78, 5) is 43.6. The number of nitrogens with zero attached hydrogens (tertiary/aromatic N) is 2. The summed E-state index contributed by atoms with van der Waals surface area (Å²) in [5.74, 6) is -0.278. The van der Waals surface area contributed by atoms with Crippen LogP contribution in [-0.2, 0) is 22.6 Å². The normalized spacial score (nSPS) is 16.3. The molecule has 4 rings (SSSR count). The predicted octanol–water partition coefficient (Wildman–Crippen LogP) is 3.16. The molecule has 9 nitrogen and oxygen atoms in total. The molecule has 10 heteroatoms. The fourth-order valence-corrected chi connectivity index (χ4v) is 5.15. The van der Waals surface area contributed by atoms with Gasteiger partial charge >= 0.3 is 6.03 Å². The summed E-state index contributed by atoms with van der Waals surface area (Å²) in [5, 5.41) is 12.1. The second-order valence-corrected chi connectivity index (χ2v) is 9.32. The van der Waals surface area contributed by atoms with Gasteiger partial charge in [0.2, 0.25) is 11.8 Å². The number of fused-ring (bicyclic) bond motifs is 1. The summed E-state index contributed by atoms with van der Waals surface area (Å²) in [6.45, 7) is 3.05. The minimum absolute atomic E-state index is 0.118. The largest absolute Gasteiger partial charge is 0.335 e. The van der Waals surface area contributed by atoms with Gasteiger partial charge in [0.1, 0.15) is 0 Å². The van der Waals surface area contributed by atoms with Crippen LogP contribution in [-0.4, -0.2) is 46.9 Å². The number of thiazole rings is 1. The lowest BCUT2D eigenvalue weighted by Crippen LogP contribution is -2.36. The highest BCUT2D eigenvalue weighted by Gasteiger charge is 2.24. The van der Waals surface area contributed by atoms with Crippen LogP contribution >= 0.6 is 11.3 Å². The van der Waals surface area contributed by atoms with Crippen molar-refractivity contribution in [2.24, 2.45) is 0 Å². The molecule has 1 saturated carbocycles. The summed E-state index contributed by atoms with van der Waals surface area (Å²) in [6.07, 6.45) is 5.15. The van der Waals surface area contributed by atoms with E-state index in [2.05, 4.69) is 31.2 Å². The van der Waals surface area contributed by atoms with Crippen LogP contribution in [0.3, 0.4) is 0 Å². The lowest BCUT2D eigenvalue weighted by molar-refractivity contribution is -0.117. The van der Waals surface area contributed by atoms with E-state index in [4.69, 9.17) is 0 Å². The van der Waals surface area contributed by atoms with Crippen molar-refractivity contribution in [3.05, 3.63) is 34.8 Å². The first-order valence-electron chi connectivity index (χ1n) is 10.9. The highest BCUT2D eigenvalue weighted by molar-refractivity contribution is 7.15. The Balaban J connectivity index is 1.28. The van der Waals surface area contributed by atoms with Gasteiger partial charge in [-0.15, -0.1) is 11.3 Å². The van der Waals surface area contributed by atoms with Crippen LogP contribution in [0.15, 0.2) is 24.3 Å². The summed E-state index contributed by atoms with van der Waals surface area (Å²) >= 11 is 1.47. The van der Waals surface area contributed by atoms with Crippen LogP contribution in [0.1, 0.15) is 43.2 Å². The zero-order valence-corrected chi connectivity index (χ0v) is 18.9. The Labute approximate surface area is 191 Å². The molecule has 170 valence electrons. The second-order valence-electron chi connectivity index (χ2n) is 8.24. The first kappa shape index (κ1) is 22.2. The van der Waals surface area contributed by atoms with E-state index in [1.54, 1.807) is 24.3 Å². The fraction of sp³-hybridized carbons (Fsp3) is 0.455. The van der Waals surface area contributed by atoms with Gasteiger partial charge in [-0.25, -0.2) is 9.78 Å². The Bertz CT molecular complexity index is 1000. The molecular weight excluding hydrogens is 428 g/mol.